The Morgan fingerprint density at radius 2 is 1.86 bits per heavy atom. The van der Waals surface area contributed by atoms with Crippen LogP contribution in [0.4, 0.5) is 4.39 Å². The molecule has 0 N–H and O–H groups in total. The number of amides is 1. The van der Waals surface area contributed by atoms with Crippen LogP contribution in [-0.2, 0) is 21.2 Å². The van der Waals surface area contributed by atoms with E-state index < -0.39 is 21.6 Å². The van der Waals surface area contributed by atoms with Crippen LogP contribution >= 0.6 is 11.3 Å². The zero-order valence-electron chi connectivity index (χ0n) is 16.2. The van der Waals surface area contributed by atoms with E-state index >= 15 is 0 Å². The van der Waals surface area contributed by atoms with E-state index in [4.69, 9.17) is 0 Å². The van der Waals surface area contributed by atoms with Gasteiger partial charge in [0.1, 0.15) is 5.82 Å². The second kappa shape index (κ2) is 8.42. The molecule has 0 fully saturated rings. The van der Waals surface area contributed by atoms with E-state index in [0.29, 0.717) is 11.3 Å². The number of halogens is 1. The van der Waals surface area contributed by atoms with Crippen LogP contribution in [0.15, 0.2) is 58.9 Å². The number of fused-ring (bicyclic) bond motifs is 1. The van der Waals surface area contributed by atoms with E-state index in [1.165, 1.54) is 23.5 Å². The van der Waals surface area contributed by atoms with Crippen molar-refractivity contribution in [1.29, 1.82) is 0 Å². The van der Waals surface area contributed by atoms with E-state index in [1.807, 2.05) is 24.5 Å². The molecule has 0 aliphatic heterocycles. The Balaban J connectivity index is 1.88. The van der Waals surface area contributed by atoms with Gasteiger partial charge in [0.2, 0.25) is 5.91 Å². The molecule has 152 valence electrons. The number of allylic oxidation sites excluding steroid dienone is 1. The van der Waals surface area contributed by atoms with Gasteiger partial charge in [-0.15, -0.1) is 6.58 Å². The van der Waals surface area contributed by atoms with Gasteiger partial charge >= 0.3 is 0 Å². The van der Waals surface area contributed by atoms with Crippen LogP contribution in [0.3, 0.4) is 0 Å². The van der Waals surface area contributed by atoms with Crippen LogP contribution in [0.25, 0.3) is 10.2 Å². The summed E-state index contributed by atoms with van der Waals surface area (Å²) in [6.07, 6.45) is 1.48. The quantitative estimate of drug-likeness (QED) is 0.438. The monoisotopic (exact) mass is 432 g/mol. The molecular weight excluding hydrogens is 411 g/mol. The van der Waals surface area contributed by atoms with Crippen LogP contribution in [0.1, 0.15) is 17.5 Å². The van der Waals surface area contributed by atoms with Gasteiger partial charge in [-0.1, -0.05) is 17.4 Å². The number of hydrogen-bond donors (Lipinski definition) is 0. The zero-order valence-corrected chi connectivity index (χ0v) is 17.8. The molecule has 29 heavy (non-hydrogen) atoms. The maximum atomic E-state index is 13.0. The first kappa shape index (κ1) is 21.1. The fraction of sp³-hybridized carbons (Fsp3) is 0.238. The molecule has 5 nitrogen and oxygen atoms in total. The van der Waals surface area contributed by atoms with Crippen LogP contribution in [-0.4, -0.2) is 24.6 Å². The molecule has 3 rings (SSSR count). The summed E-state index contributed by atoms with van der Waals surface area (Å²) < 4.78 is 40.6. The normalized spacial score (nSPS) is 12.4. The van der Waals surface area contributed by atoms with Gasteiger partial charge in [-0.05, 0) is 61.4 Å². The molecule has 2 aromatic carbocycles. The molecule has 1 heterocycles. The van der Waals surface area contributed by atoms with Crippen LogP contribution < -0.4 is 4.80 Å². The predicted octanol–water partition coefficient (Wildman–Crippen LogP) is 3.94. The standard InChI is InChI=1S/C21H21FN2O3S2/c1-4-10-24-18-12-14(2)15(3)13-19(18)28-21(24)23-20(25)9-11-29(26,27)17-7-5-16(22)6-8-17/h4-8,12-13H,1,9-11H2,2-3H3. The number of carbonyl (C=O) groups excluding carboxylic acids is 1. The van der Waals surface area contributed by atoms with Crippen LogP contribution in [0.2, 0.25) is 0 Å². The van der Waals surface area contributed by atoms with Gasteiger partial charge in [0.05, 0.1) is 20.9 Å². The number of aryl methyl sites for hydroxylation is 2. The number of rotatable bonds is 6. The van der Waals surface area contributed by atoms with Crippen molar-refractivity contribution in [2.75, 3.05) is 5.75 Å². The lowest BCUT2D eigenvalue weighted by Gasteiger charge is -2.04. The first-order valence-corrected chi connectivity index (χ1v) is 11.5. The number of nitrogens with zero attached hydrogens (tertiary/aromatic N) is 2. The third kappa shape index (κ3) is 4.71. The molecule has 0 aliphatic carbocycles. The van der Waals surface area contributed by atoms with Gasteiger partial charge in [0.25, 0.3) is 0 Å². The highest BCUT2D eigenvalue weighted by atomic mass is 32.2. The molecule has 0 unspecified atom stereocenters. The van der Waals surface area contributed by atoms with Gasteiger partial charge in [-0.2, -0.15) is 4.99 Å². The maximum absolute atomic E-state index is 13.0. The Hall–Kier alpha value is -2.58. The lowest BCUT2D eigenvalue weighted by Crippen LogP contribution is -2.17. The first-order valence-electron chi connectivity index (χ1n) is 8.98. The Bertz CT molecular complexity index is 1250. The van der Waals surface area contributed by atoms with Crippen molar-refractivity contribution < 1.29 is 17.6 Å². The van der Waals surface area contributed by atoms with Gasteiger partial charge in [-0.25, -0.2) is 12.8 Å². The van der Waals surface area contributed by atoms with Crippen molar-refractivity contribution in [2.24, 2.45) is 4.99 Å². The molecule has 0 spiro atoms. The predicted molar refractivity (Wildman–Crippen MR) is 113 cm³/mol. The first-order chi connectivity index (χ1) is 13.7. The summed E-state index contributed by atoms with van der Waals surface area (Å²) in [6.45, 7) is 8.29. The summed E-state index contributed by atoms with van der Waals surface area (Å²) >= 11 is 1.38. The Kier molecular flexibility index (Phi) is 6.14. The topological polar surface area (TPSA) is 68.5 Å². The lowest BCUT2D eigenvalue weighted by molar-refractivity contribution is -0.117. The average molecular weight is 433 g/mol. The fourth-order valence-electron chi connectivity index (χ4n) is 2.86. The molecule has 0 radical (unpaired) electrons. The molecule has 0 saturated heterocycles. The second-order valence-corrected chi connectivity index (χ2v) is 9.83. The van der Waals surface area contributed by atoms with Crippen molar-refractivity contribution in [2.45, 2.75) is 31.7 Å². The summed E-state index contributed by atoms with van der Waals surface area (Å²) in [4.78, 5) is 17.0. The second-order valence-electron chi connectivity index (χ2n) is 6.72. The molecule has 0 atom stereocenters. The van der Waals surface area contributed by atoms with Gasteiger partial charge in [0, 0.05) is 13.0 Å². The van der Waals surface area contributed by atoms with Gasteiger partial charge in [0.15, 0.2) is 14.6 Å². The maximum Gasteiger partial charge on any atom is 0.249 e. The molecule has 1 amide bonds. The minimum atomic E-state index is -3.69. The highest BCUT2D eigenvalue weighted by Crippen LogP contribution is 2.22. The number of hydrogen-bond acceptors (Lipinski definition) is 4. The third-order valence-corrected chi connectivity index (χ3v) is 7.36. The van der Waals surface area contributed by atoms with E-state index in [9.17, 15) is 17.6 Å². The largest absolute Gasteiger partial charge is 0.312 e. The van der Waals surface area contributed by atoms with Gasteiger partial charge in [-0.3, -0.25) is 4.79 Å². The van der Waals surface area contributed by atoms with E-state index in [-0.39, 0.29) is 17.1 Å². The third-order valence-electron chi connectivity index (χ3n) is 4.59. The molecule has 1 aromatic heterocycles. The molecule has 3 aromatic rings. The number of thiazole rings is 1. The molecule has 0 aliphatic rings. The van der Waals surface area contributed by atoms with Crippen molar-refractivity contribution in [3.05, 3.63) is 70.8 Å². The van der Waals surface area contributed by atoms with Crippen molar-refractivity contribution in [1.82, 2.24) is 4.57 Å². The number of carbonyl (C=O) groups is 1. The Labute approximate surface area is 172 Å². The van der Waals surface area contributed by atoms with E-state index in [2.05, 4.69) is 17.6 Å². The highest BCUT2D eigenvalue weighted by Gasteiger charge is 2.17. The molecule has 8 heteroatoms. The average Bonchev–Trinajstić information content (AvgIpc) is 2.97. The fourth-order valence-corrected chi connectivity index (χ4v) is 5.22. The summed E-state index contributed by atoms with van der Waals surface area (Å²) in [5.74, 6) is -1.42. The Morgan fingerprint density at radius 1 is 1.21 bits per heavy atom. The number of benzene rings is 2. The highest BCUT2D eigenvalue weighted by molar-refractivity contribution is 7.91. The van der Waals surface area contributed by atoms with E-state index in [0.717, 1.165) is 33.5 Å². The summed E-state index contributed by atoms with van der Waals surface area (Å²) in [6, 6.07) is 8.66. The van der Waals surface area contributed by atoms with Crippen LogP contribution in [0.5, 0.6) is 0 Å². The zero-order chi connectivity index (χ0) is 21.2. The minimum Gasteiger partial charge on any atom is -0.312 e. The molecule has 0 bridgehead atoms. The summed E-state index contributed by atoms with van der Waals surface area (Å²) in [7, 11) is -3.69. The van der Waals surface area contributed by atoms with Crippen LogP contribution in [0, 0.1) is 19.7 Å². The SMILES string of the molecule is C=CCn1c(=NC(=O)CCS(=O)(=O)c2ccc(F)cc2)sc2cc(C)c(C)cc21. The molecule has 0 saturated carbocycles. The summed E-state index contributed by atoms with van der Waals surface area (Å²) in [5, 5.41) is 0. The van der Waals surface area contributed by atoms with Crippen molar-refractivity contribution in [3.8, 4) is 0 Å². The van der Waals surface area contributed by atoms with E-state index in [1.54, 1.807) is 6.08 Å². The number of sulfone groups is 1. The number of aromatic nitrogens is 1. The van der Waals surface area contributed by atoms with Gasteiger partial charge < -0.3 is 4.57 Å². The van der Waals surface area contributed by atoms with Crippen molar-refractivity contribution in [3.63, 3.8) is 0 Å². The summed E-state index contributed by atoms with van der Waals surface area (Å²) in [5.41, 5.74) is 3.24. The smallest absolute Gasteiger partial charge is 0.249 e. The van der Waals surface area contributed by atoms with Crippen molar-refractivity contribution >= 4 is 37.3 Å². The minimum absolute atomic E-state index is 0.0127. The molecular formula is C21H21FN2O3S2. The lowest BCUT2D eigenvalue weighted by atomic mass is 10.1. The Morgan fingerprint density at radius 3 is 2.52 bits per heavy atom.